The highest BCUT2D eigenvalue weighted by atomic mass is 32.5. The maximum atomic E-state index is 8.97. The fraction of sp³-hybridized carbons (Fsp3) is 1.00. The van der Waals surface area contributed by atoms with Gasteiger partial charge in [0.1, 0.15) is 0 Å². The Morgan fingerprint density at radius 3 is 2.23 bits per heavy atom. The molecule has 0 saturated heterocycles. The molecule has 0 fully saturated rings. The third-order valence-corrected chi connectivity index (χ3v) is 2.61. The molecule has 1 atom stereocenters. The Hall–Kier alpha value is 0.530. The first-order chi connectivity index (χ1) is 5.99. The van der Waals surface area contributed by atoms with Crippen LogP contribution in [0.15, 0.2) is 0 Å². The molecule has 0 aromatic heterocycles. The SMILES string of the molecule is CCCCC(CCC)OP(O)(O)=S. The van der Waals surface area contributed by atoms with Crippen LogP contribution in [-0.4, -0.2) is 15.9 Å². The van der Waals surface area contributed by atoms with Gasteiger partial charge in [0, 0.05) is 0 Å². The first-order valence-electron chi connectivity index (χ1n) is 4.73. The largest absolute Gasteiger partial charge is 0.325 e. The van der Waals surface area contributed by atoms with Crippen LogP contribution in [-0.2, 0) is 16.3 Å². The summed E-state index contributed by atoms with van der Waals surface area (Å²) in [4.78, 5) is 17.9. The van der Waals surface area contributed by atoms with E-state index in [2.05, 4.69) is 18.7 Å². The average Bonchev–Trinajstić information content (AvgIpc) is 1.98. The fourth-order valence-corrected chi connectivity index (χ4v) is 2.16. The first-order valence-corrected chi connectivity index (χ1v) is 7.36. The molecule has 1 unspecified atom stereocenters. The fourth-order valence-electron chi connectivity index (χ4n) is 1.20. The van der Waals surface area contributed by atoms with Gasteiger partial charge < -0.3 is 14.3 Å². The van der Waals surface area contributed by atoms with Gasteiger partial charge in [0.25, 0.3) is 0 Å². The van der Waals surface area contributed by atoms with Crippen LogP contribution < -0.4 is 0 Å². The van der Waals surface area contributed by atoms with Crippen molar-refractivity contribution < 1.29 is 14.3 Å². The molecule has 0 spiro atoms. The van der Waals surface area contributed by atoms with E-state index in [4.69, 9.17) is 14.3 Å². The minimum absolute atomic E-state index is 0.0780. The molecule has 13 heavy (non-hydrogen) atoms. The van der Waals surface area contributed by atoms with Crippen LogP contribution in [0.5, 0.6) is 0 Å². The summed E-state index contributed by atoms with van der Waals surface area (Å²) in [6, 6.07) is 0. The molecule has 0 saturated carbocycles. The lowest BCUT2D eigenvalue weighted by Crippen LogP contribution is -2.10. The van der Waals surface area contributed by atoms with E-state index in [1.54, 1.807) is 0 Å². The van der Waals surface area contributed by atoms with Crippen LogP contribution in [0.1, 0.15) is 46.0 Å². The maximum absolute atomic E-state index is 8.97. The third kappa shape index (κ3) is 8.85. The highest BCUT2D eigenvalue weighted by Gasteiger charge is 2.16. The van der Waals surface area contributed by atoms with Gasteiger partial charge >= 0.3 is 6.72 Å². The van der Waals surface area contributed by atoms with E-state index < -0.39 is 6.72 Å². The molecule has 0 aromatic rings. The normalized spacial score (nSPS) is 14.5. The van der Waals surface area contributed by atoms with E-state index in [9.17, 15) is 0 Å². The Kier molecular flexibility index (Phi) is 7.19. The smallest absolute Gasteiger partial charge is 0.322 e. The quantitative estimate of drug-likeness (QED) is 0.655. The molecule has 0 aromatic carbocycles. The topological polar surface area (TPSA) is 49.7 Å². The molecular weight excluding hydrogens is 207 g/mol. The van der Waals surface area contributed by atoms with Crippen LogP contribution in [0, 0.1) is 0 Å². The molecule has 0 rings (SSSR count). The monoisotopic (exact) mass is 226 g/mol. The zero-order chi connectivity index (χ0) is 10.3. The molecule has 0 amide bonds. The predicted molar refractivity (Wildman–Crippen MR) is 58.0 cm³/mol. The van der Waals surface area contributed by atoms with Crippen molar-refractivity contribution in [1.82, 2.24) is 0 Å². The van der Waals surface area contributed by atoms with Crippen molar-refractivity contribution in [2.75, 3.05) is 0 Å². The second-order valence-corrected chi connectivity index (χ2v) is 5.77. The summed E-state index contributed by atoms with van der Waals surface area (Å²) in [5, 5.41) is 0. The van der Waals surface area contributed by atoms with Gasteiger partial charge in [-0.3, -0.25) is 0 Å². The van der Waals surface area contributed by atoms with Gasteiger partial charge in [-0.15, -0.1) is 0 Å². The van der Waals surface area contributed by atoms with Crippen LogP contribution in [0.3, 0.4) is 0 Å². The van der Waals surface area contributed by atoms with Gasteiger partial charge in [-0.25, -0.2) is 0 Å². The van der Waals surface area contributed by atoms with Crippen molar-refractivity contribution in [2.45, 2.75) is 52.1 Å². The lowest BCUT2D eigenvalue weighted by atomic mass is 10.1. The lowest BCUT2D eigenvalue weighted by Gasteiger charge is -2.19. The van der Waals surface area contributed by atoms with Gasteiger partial charge in [0.15, 0.2) is 0 Å². The summed E-state index contributed by atoms with van der Waals surface area (Å²) in [7, 11) is 0. The highest BCUT2D eigenvalue weighted by molar-refractivity contribution is 8.06. The second kappa shape index (κ2) is 6.91. The van der Waals surface area contributed by atoms with Crippen molar-refractivity contribution in [1.29, 1.82) is 0 Å². The van der Waals surface area contributed by atoms with Gasteiger partial charge in [-0.2, -0.15) is 0 Å². The first kappa shape index (κ1) is 13.5. The summed E-state index contributed by atoms with van der Waals surface area (Å²) in [5.41, 5.74) is 0. The van der Waals surface area contributed by atoms with Gasteiger partial charge in [-0.05, 0) is 24.6 Å². The maximum Gasteiger partial charge on any atom is 0.322 e. The standard InChI is InChI=1S/C8H19O3PS/c1-3-5-7-8(6-4-2)11-12(9,10)13/h8H,3-7H2,1-2H3,(H2,9,10,13). The van der Waals surface area contributed by atoms with Gasteiger partial charge in [0.2, 0.25) is 0 Å². The Morgan fingerprint density at radius 2 is 1.85 bits per heavy atom. The van der Waals surface area contributed by atoms with Crippen molar-refractivity contribution in [3.8, 4) is 0 Å². The molecule has 0 heterocycles. The highest BCUT2D eigenvalue weighted by Crippen LogP contribution is 2.39. The van der Waals surface area contributed by atoms with E-state index in [1.807, 2.05) is 6.92 Å². The molecule has 0 aliphatic carbocycles. The third-order valence-electron chi connectivity index (χ3n) is 1.78. The van der Waals surface area contributed by atoms with Crippen LogP contribution in [0.25, 0.3) is 0 Å². The molecule has 2 N–H and O–H groups in total. The predicted octanol–water partition coefficient (Wildman–Crippen LogP) is 2.57. The number of unbranched alkanes of at least 4 members (excludes halogenated alkanes) is 1. The second-order valence-electron chi connectivity index (χ2n) is 3.15. The van der Waals surface area contributed by atoms with Crippen molar-refractivity contribution in [3.63, 3.8) is 0 Å². The molecule has 0 aliphatic rings. The molecule has 0 radical (unpaired) electrons. The molecule has 5 heteroatoms. The minimum Gasteiger partial charge on any atom is -0.325 e. The molecule has 0 bridgehead atoms. The minimum atomic E-state index is -3.46. The summed E-state index contributed by atoms with van der Waals surface area (Å²) < 4.78 is 5.02. The Bertz CT molecular complexity index is 169. The van der Waals surface area contributed by atoms with Crippen LogP contribution in [0.4, 0.5) is 0 Å². The van der Waals surface area contributed by atoms with Gasteiger partial charge in [-0.1, -0.05) is 33.1 Å². The van der Waals surface area contributed by atoms with Crippen molar-refractivity contribution in [2.24, 2.45) is 0 Å². The van der Waals surface area contributed by atoms with E-state index in [-0.39, 0.29) is 6.10 Å². The molecular formula is C8H19O3PS. The van der Waals surface area contributed by atoms with E-state index in [1.165, 1.54) is 0 Å². The van der Waals surface area contributed by atoms with Crippen molar-refractivity contribution >= 4 is 18.5 Å². The molecule has 0 aliphatic heterocycles. The Balaban J connectivity index is 3.86. The molecule has 80 valence electrons. The summed E-state index contributed by atoms with van der Waals surface area (Å²) >= 11 is 4.43. The molecule has 3 nitrogen and oxygen atoms in total. The zero-order valence-corrected chi connectivity index (χ0v) is 9.98. The van der Waals surface area contributed by atoms with Crippen LogP contribution in [0.2, 0.25) is 0 Å². The Labute approximate surface area is 85.4 Å². The lowest BCUT2D eigenvalue weighted by molar-refractivity contribution is 0.148. The number of rotatable bonds is 7. The number of hydrogen-bond donors (Lipinski definition) is 2. The average molecular weight is 226 g/mol. The van der Waals surface area contributed by atoms with Crippen molar-refractivity contribution in [3.05, 3.63) is 0 Å². The van der Waals surface area contributed by atoms with E-state index in [0.29, 0.717) is 0 Å². The number of hydrogen-bond acceptors (Lipinski definition) is 2. The summed E-state index contributed by atoms with van der Waals surface area (Å²) in [6.07, 6.45) is 4.74. The van der Waals surface area contributed by atoms with Crippen LogP contribution >= 0.6 is 6.72 Å². The summed E-state index contributed by atoms with van der Waals surface area (Å²) in [6.45, 7) is 0.678. The van der Waals surface area contributed by atoms with E-state index >= 15 is 0 Å². The summed E-state index contributed by atoms with van der Waals surface area (Å²) in [5.74, 6) is 0. The zero-order valence-electron chi connectivity index (χ0n) is 8.27. The Morgan fingerprint density at radius 1 is 1.23 bits per heavy atom. The van der Waals surface area contributed by atoms with Gasteiger partial charge in [0.05, 0.1) is 6.10 Å². The van der Waals surface area contributed by atoms with E-state index in [0.717, 1.165) is 32.1 Å².